The van der Waals surface area contributed by atoms with Gasteiger partial charge in [0.2, 0.25) is 0 Å². The van der Waals surface area contributed by atoms with Crippen LogP contribution in [0.25, 0.3) is 5.69 Å². The highest BCUT2D eigenvalue weighted by molar-refractivity contribution is 5.93. The van der Waals surface area contributed by atoms with E-state index >= 15 is 0 Å². The molecule has 11 heteroatoms. The number of alkyl halides is 3. The van der Waals surface area contributed by atoms with Crippen LogP contribution >= 0.6 is 0 Å². The zero-order valence-electron chi connectivity index (χ0n) is 18.7. The second-order valence-electron chi connectivity index (χ2n) is 9.28. The largest absolute Gasteiger partial charge is 0.573 e. The monoisotopic (exact) mass is 486 g/mol. The minimum Gasteiger partial charge on any atom is -0.493 e. The Bertz CT molecular complexity index is 1410. The fraction of sp³-hybridized carbons (Fsp3) is 0.375. The van der Waals surface area contributed by atoms with Crippen molar-refractivity contribution in [3.8, 4) is 17.2 Å². The molecule has 1 aliphatic carbocycles. The summed E-state index contributed by atoms with van der Waals surface area (Å²) in [4.78, 5) is 32.3. The van der Waals surface area contributed by atoms with Gasteiger partial charge in [0.25, 0.3) is 11.5 Å². The molecule has 6 rings (SSSR count). The molecule has 1 amide bonds. The van der Waals surface area contributed by atoms with Gasteiger partial charge in [-0.2, -0.15) is 0 Å². The number of hydrogen-bond donors (Lipinski definition) is 0. The van der Waals surface area contributed by atoms with Crippen molar-refractivity contribution in [2.75, 3.05) is 19.7 Å². The second-order valence-corrected chi connectivity index (χ2v) is 9.28. The van der Waals surface area contributed by atoms with Crippen molar-refractivity contribution in [2.45, 2.75) is 31.7 Å². The molecule has 8 nitrogen and oxygen atoms in total. The van der Waals surface area contributed by atoms with Crippen molar-refractivity contribution in [1.82, 2.24) is 19.0 Å². The normalized spacial score (nSPS) is 22.7. The number of nitrogens with zero attached hydrogens (tertiary/aromatic N) is 4. The SMILES string of the molecule is Cc1cn(-c2ccc3n(c2=O)CCN(C[C@]24C[C@H]2COc2ccc(OC(F)(F)F)cc24)C3=O)cn1. The van der Waals surface area contributed by atoms with Crippen LogP contribution in [-0.4, -0.2) is 51.0 Å². The average molecular weight is 486 g/mol. The summed E-state index contributed by atoms with van der Waals surface area (Å²) in [7, 11) is 0. The third-order valence-electron chi connectivity index (χ3n) is 7.11. The number of aryl methyl sites for hydroxylation is 1. The van der Waals surface area contributed by atoms with Gasteiger partial charge in [-0.25, -0.2) is 4.98 Å². The number of carbonyl (C=O) groups excluding carboxylic acids is 1. The minimum atomic E-state index is -4.80. The van der Waals surface area contributed by atoms with Gasteiger partial charge in [-0.1, -0.05) is 0 Å². The third-order valence-corrected chi connectivity index (χ3v) is 7.11. The lowest BCUT2D eigenvalue weighted by Gasteiger charge is -2.35. The minimum absolute atomic E-state index is 0.0971. The Morgan fingerprint density at radius 3 is 2.77 bits per heavy atom. The van der Waals surface area contributed by atoms with Crippen molar-refractivity contribution in [2.24, 2.45) is 5.92 Å². The summed E-state index contributed by atoms with van der Waals surface area (Å²) in [5.74, 6) is 0.0166. The Morgan fingerprint density at radius 2 is 2.03 bits per heavy atom. The van der Waals surface area contributed by atoms with E-state index in [9.17, 15) is 22.8 Å². The number of halogens is 3. The van der Waals surface area contributed by atoms with E-state index in [0.717, 1.165) is 5.69 Å². The standard InChI is InChI=1S/C24H21F3N4O4/c1-14-10-30(13-28-14)18-3-4-19-21(32)29(6-7-31(19)22(18)33)12-23-9-15(23)11-34-20-5-2-16(8-17(20)23)35-24(25,26)27/h2-5,8,10,13,15H,6-7,9,11-12H2,1H3/t15-,23+/m0/s1. The average Bonchev–Trinajstić information content (AvgIpc) is 3.37. The Balaban J connectivity index is 1.29. The fourth-order valence-electron chi connectivity index (χ4n) is 5.32. The van der Waals surface area contributed by atoms with Crippen LogP contribution in [0.1, 0.15) is 28.2 Å². The first-order chi connectivity index (χ1) is 16.6. The van der Waals surface area contributed by atoms with Crippen LogP contribution < -0.4 is 15.0 Å². The van der Waals surface area contributed by atoms with Gasteiger partial charge in [0, 0.05) is 42.7 Å². The van der Waals surface area contributed by atoms with E-state index in [-0.39, 0.29) is 28.8 Å². The van der Waals surface area contributed by atoms with Crippen LogP contribution in [-0.2, 0) is 12.0 Å². The molecule has 3 aromatic rings. The van der Waals surface area contributed by atoms with Crippen LogP contribution in [0.2, 0.25) is 0 Å². The van der Waals surface area contributed by atoms with E-state index in [4.69, 9.17) is 4.74 Å². The number of pyridine rings is 1. The summed E-state index contributed by atoms with van der Waals surface area (Å²) in [6.07, 6.45) is -0.799. The predicted molar refractivity (Wildman–Crippen MR) is 117 cm³/mol. The van der Waals surface area contributed by atoms with Gasteiger partial charge in [-0.15, -0.1) is 13.2 Å². The molecule has 2 aliphatic heterocycles. The number of imidazole rings is 1. The summed E-state index contributed by atoms with van der Waals surface area (Å²) < 4.78 is 51.3. The van der Waals surface area contributed by atoms with Gasteiger partial charge in [-0.3, -0.25) is 9.59 Å². The maximum absolute atomic E-state index is 13.4. The molecule has 0 spiro atoms. The van der Waals surface area contributed by atoms with E-state index in [1.807, 2.05) is 6.92 Å². The van der Waals surface area contributed by atoms with Gasteiger partial charge in [0.05, 0.1) is 18.6 Å². The molecule has 0 N–H and O–H groups in total. The summed E-state index contributed by atoms with van der Waals surface area (Å²) in [5, 5.41) is 0. The van der Waals surface area contributed by atoms with E-state index < -0.39 is 11.8 Å². The number of ether oxygens (including phenoxy) is 2. The quantitative estimate of drug-likeness (QED) is 0.567. The topological polar surface area (TPSA) is 78.6 Å². The second kappa shape index (κ2) is 7.37. The molecule has 1 aromatic carbocycles. The highest BCUT2D eigenvalue weighted by Gasteiger charge is 2.60. The van der Waals surface area contributed by atoms with Crippen LogP contribution in [0.15, 0.2) is 47.7 Å². The number of carbonyl (C=O) groups is 1. The van der Waals surface area contributed by atoms with Gasteiger partial charge < -0.3 is 23.5 Å². The van der Waals surface area contributed by atoms with Crippen molar-refractivity contribution in [1.29, 1.82) is 0 Å². The van der Waals surface area contributed by atoms with Crippen molar-refractivity contribution >= 4 is 5.91 Å². The zero-order valence-corrected chi connectivity index (χ0v) is 18.7. The lowest BCUT2D eigenvalue weighted by Crippen LogP contribution is -2.48. The Morgan fingerprint density at radius 1 is 1.20 bits per heavy atom. The lowest BCUT2D eigenvalue weighted by atomic mass is 9.89. The Kier molecular flexibility index (Phi) is 4.58. The first-order valence-electron chi connectivity index (χ1n) is 11.2. The number of rotatable bonds is 4. The molecule has 1 saturated carbocycles. The van der Waals surface area contributed by atoms with Crippen LogP contribution in [0.5, 0.6) is 11.5 Å². The summed E-state index contributed by atoms with van der Waals surface area (Å²) in [6.45, 7) is 3.24. The van der Waals surface area contributed by atoms with Crippen LogP contribution in [0, 0.1) is 12.8 Å². The lowest BCUT2D eigenvalue weighted by molar-refractivity contribution is -0.274. The smallest absolute Gasteiger partial charge is 0.493 e. The van der Waals surface area contributed by atoms with Crippen molar-refractivity contribution < 1.29 is 27.4 Å². The number of amides is 1. The Labute approximate surface area is 197 Å². The van der Waals surface area contributed by atoms with Crippen LogP contribution in [0.3, 0.4) is 0 Å². The molecule has 182 valence electrons. The summed E-state index contributed by atoms with van der Waals surface area (Å²) >= 11 is 0. The number of hydrogen-bond acceptors (Lipinski definition) is 5. The highest BCUT2D eigenvalue weighted by atomic mass is 19.4. The fourth-order valence-corrected chi connectivity index (χ4v) is 5.32. The molecule has 35 heavy (non-hydrogen) atoms. The van der Waals surface area contributed by atoms with E-state index in [1.54, 1.807) is 34.1 Å². The first kappa shape index (κ1) is 21.8. The van der Waals surface area contributed by atoms with Gasteiger partial charge >= 0.3 is 6.36 Å². The number of aromatic nitrogens is 3. The first-order valence-corrected chi connectivity index (χ1v) is 11.2. The maximum Gasteiger partial charge on any atom is 0.573 e. The van der Waals surface area contributed by atoms with E-state index in [1.165, 1.54) is 22.8 Å². The third kappa shape index (κ3) is 3.57. The molecule has 0 bridgehead atoms. The van der Waals surface area contributed by atoms with Crippen LogP contribution in [0.4, 0.5) is 13.2 Å². The summed E-state index contributed by atoms with van der Waals surface area (Å²) in [6, 6.07) is 7.33. The van der Waals surface area contributed by atoms with Crippen molar-refractivity contribution in [3.05, 3.63) is 70.2 Å². The zero-order chi connectivity index (χ0) is 24.5. The molecule has 4 heterocycles. The van der Waals surface area contributed by atoms with E-state index in [0.29, 0.717) is 49.7 Å². The highest BCUT2D eigenvalue weighted by Crippen LogP contribution is 2.60. The molecule has 1 fully saturated rings. The summed E-state index contributed by atoms with van der Waals surface area (Å²) in [5.41, 5.74) is 1.32. The maximum atomic E-state index is 13.4. The number of benzene rings is 1. The van der Waals surface area contributed by atoms with Gasteiger partial charge in [0.1, 0.15) is 22.9 Å². The molecular formula is C24H21F3N4O4. The van der Waals surface area contributed by atoms with Gasteiger partial charge in [0.15, 0.2) is 0 Å². The molecule has 2 atom stereocenters. The molecular weight excluding hydrogens is 465 g/mol. The predicted octanol–water partition coefficient (Wildman–Crippen LogP) is 3.05. The van der Waals surface area contributed by atoms with E-state index in [2.05, 4.69) is 9.72 Å². The molecule has 2 aromatic heterocycles. The molecule has 0 saturated heterocycles. The molecule has 0 unspecified atom stereocenters. The van der Waals surface area contributed by atoms with Gasteiger partial charge in [-0.05, 0) is 43.7 Å². The molecule has 0 radical (unpaired) electrons. The van der Waals surface area contributed by atoms with Crippen molar-refractivity contribution in [3.63, 3.8) is 0 Å². The Hall–Kier alpha value is -3.76. The molecule has 3 aliphatic rings. The number of fused-ring (bicyclic) bond motifs is 4.